The number of pyridine rings is 1. The molecule has 3 rings (SSSR count). The average molecular weight is 297 g/mol. The van der Waals surface area contributed by atoms with Crippen LogP contribution in [0.15, 0.2) is 36.5 Å². The molecule has 112 valence electrons. The molecule has 0 fully saturated rings. The van der Waals surface area contributed by atoms with E-state index in [0.29, 0.717) is 11.2 Å². The van der Waals surface area contributed by atoms with Gasteiger partial charge in [0, 0.05) is 18.8 Å². The minimum Gasteiger partial charge on any atom is -0.497 e. The zero-order chi connectivity index (χ0) is 15.7. The highest BCUT2D eigenvalue weighted by Crippen LogP contribution is 2.24. The predicted octanol–water partition coefficient (Wildman–Crippen LogP) is 2.43. The van der Waals surface area contributed by atoms with Crippen LogP contribution in [0.2, 0.25) is 0 Å². The number of carbonyl (C=O) groups excluding carboxylic acids is 1. The molecule has 0 atom stereocenters. The number of esters is 1. The van der Waals surface area contributed by atoms with Gasteiger partial charge in [-0.3, -0.25) is 0 Å². The number of hydrogen-bond donors (Lipinski definition) is 0. The van der Waals surface area contributed by atoms with E-state index in [1.165, 1.54) is 7.11 Å². The summed E-state index contributed by atoms with van der Waals surface area (Å²) < 4.78 is 11.5. The Balaban J connectivity index is 2.07. The maximum atomic E-state index is 11.7. The largest absolute Gasteiger partial charge is 0.497 e. The lowest BCUT2D eigenvalue weighted by Crippen LogP contribution is -2.09. The van der Waals surface area contributed by atoms with Crippen molar-refractivity contribution in [1.29, 1.82) is 0 Å². The number of carbonyl (C=O) groups is 1. The van der Waals surface area contributed by atoms with Crippen LogP contribution in [0.3, 0.4) is 0 Å². The minimum absolute atomic E-state index is 0.233. The number of aromatic nitrogens is 3. The van der Waals surface area contributed by atoms with Crippen molar-refractivity contribution in [2.75, 3.05) is 14.2 Å². The summed E-state index contributed by atoms with van der Waals surface area (Å²) in [5, 5.41) is 0. The number of hydrogen-bond acceptors (Lipinski definition) is 5. The van der Waals surface area contributed by atoms with Crippen molar-refractivity contribution in [3.63, 3.8) is 0 Å². The highest BCUT2D eigenvalue weighted by Gasteiger charge is 2.17. The highest BCUT2D eigenvalue weighted by molar-refractivity contribution is 5.90. The molecule has 0 spiro atoms. The van der Waals surface area contributed by atoms with Gasteiger partial charge in [-0.2, -0.15) is 0 Å². The van der Waals surface area contributed by atoms with Crippen LogP contribution >= 0.6 is 0 Å². The van der Waals surface area contributed by atoms with E-state index in [9.17, 15) is 4.79 Å². The van der Waals surface area contributed by atoms with Gasteiger partial charge in [0.05, 0.1) is 14.2 Å². The number of fused-ring (bicyclic) bond motifs is 1. The topological polar surface area (TPSA) is 66.2 Å². The number of ether oxygens (including phenoxy) is 2. The first-order valence-corrected chi connectivity index (χ1v) is 6.69. The number of methoxy groups -OCH3 is 2. The van der Waals surface area contributed by atoms with E-state index < -0.39 is 5.97 Å². The second-order valence-corrected chi connectivity index (χ2v) is 4.78. The molecule has 0 N–H and O–H groups in total. The summed E-state index contributed by atoms with van der Waals surface area (Å²) in [5.74, 6) is 0.548. The van der Waals surface area contributed by atoms with Gasteiger partial charge < -0.3 is 14.0 Å². The molecule has 3 aromatic rings. The minimum atomic E-state index is -0.480. The van der Waals surface area contributed by atoms with E-state index in [2.05, 4.69) is 9.97 Å². The van der Waals surface area contributed by atoms with Crippen LogP contribution in [0.1, 0.15) is 10.6 Å². The van der Waals surface area contributed by atoms with E-state index in [1.807, 2.05) is 30.3 Å². The Morgan fingerprint density at radius 1 is 1.14 bits per heavy atom. The number of imidazole rings is 1. The first-order chi connectivity index (χ1) is 10.6. The third-order valence-electron chi connectivity index (χ3n) is 3.50. The van der Waals surface area contributed by atoms with Crippen LogP contribution in [-0.2, 0) is 11.8 Å². The van der Waals surface area contributed by atoms with Crippen LogP contribution in [0.5, 0.6) is 5.75 Å². The van der Waals surface area contributed by atoms with E-state index in [-0.39, 0.29) is 5.82 Å². The molecule has 0 bridgehead atoms. The molecule has 2 heterocycles. The van der Waals surface area contributed by atoms with Crippen molar-refractivity contribution in [1.82, 2.24) is 14.5 Å². The Morgan fingerprint density at radius 3 is 2.50 bits per heavy atom. The predicted molar refractivity (Wildman–Crippen MR) is 81.8 cm³/mol. The lowest BCUT2D eigenvalue weighted by molar-refractivity contribution is 0.0583. The van der Waals surface area contributed by atoms with E-state index >= 15 is 0 Å². The van der Waals surface area contributed by atoms with Crippen LogP contribution in [0, 0.1) is 0 Å². The Hall–Kier alpha value is -2.89. The van der Waals surface area contributed by atoms with Crippen molar-refractivity contribution in [3.8, 4) is 16.9 Å². The van der Waals surface area contributed by atoms with E-state index in [4.69, 9.17) is 9.47 Å². The van der Waals surface area contributed by atoms with Gasteiger partial charge in [0.25, 0.3) is 0 Å². The van der Waals surface area contributed by atoms with Gasteiger partial charge in [0.2, 0.25) is 5.82 Å². The fraction of sp³-hybridized carbons (Fsp3) is 0.188. The summed E-state index contributed by atoms with van der Waals surface area (Å²) in [6.45, 7) is 0. The maximum Gasteiger partial charge on any atom is 0.374 e. The van der Waals surface area contributed by atoms with Crippen LogP contribution in [0.4, 0.5) is 0 Å². The number of benzene rings is 1. The maximum absolute atomic E-state index is 11.7. The summed E-state index contributed by atoms with van der Waals surface area (Å²) in [4.78, 5) is 20.4. The van der Waals surface area contributed by atoms with Crippen molar-refractivity contribution in [3.05, 3.63) is 42.4 Å². The van der Waals surface area contributed by atoms with E-state index in [1.54, 1.807) is 24.9 Å². The Bertz CT molecular complexity index is 838. The van der Waals surface area contributed by atoms with Gasteiger partial charge in [0.15, 0.2) is 5.65 Å². The summed E-state index contributed by atoms with van der Waals surface area (Å²) in [6.07, 6.45) is 1.76. The number of aryl methyl sites for hydroxylation is 1. The summed E-state index contributed by atoms with van der Waals surface area (Å²) in [6, 6.07) is 9.57. The smallest absolute Gasteiger partial charge is 0.374 e. The van der Waals surface area contributed by atoms with Gasteiger partial charge in [-0.1, -0.05) is 12.1 Å². The lowest BCUT2D eigenvalue weighted by Gasteiger charge is -2.03. The molecule has 0 aliphatic carbocycles. The normalized spacial score (nSPS) is 10.7. The Labute approximate surface area is 127 Å². The molecule has 2 aromatic heterocycles. The average Bonchev–Trinajstić information content (AvgIpc) is 2.90. The van der Waals surface area contributed by atoms with Crippen molar-refractivity contribution in [2.24, 2.45) is 7.05 Å². The molecule has 22 heavy (non-hydrogen) atoms. The molecule has 0 aliphatic rings. The number of nitrogens with zero attached hydrogens (tertiary/aromatic N) is 3. The Morgan fingerprint density at radius 2 is 1.86 bits per heavy atom. The third kappa shape index (κ3) is 2.28. The first kappa shape index (κ1) is 14.1. The molecule has 6 nitrogen and oxygen atoms in total. The van der Waals surface area contributed by atoms with Crippen LogP contribution < -0.4 is 4.74 Å². The summed E-state index contributed by atoms with van der Waals surface area (Å²) in [7, 11) is 4.70. The molecule has 6 heteroatoms. The zero-order valence-corrected chi connectivity index (χ0v) is 12.5. The summed E-state index contributed by atoms with van der Waals surface area (Å²) >= 11 is 0. The van der Waals surface area contributed by atoms with Gasteiger partial charge in [-0.25, -0.2) is 14.8 Å². The third-order valence-corrected chi connectivity index (χ3v) is 3.50. The van der Waals surface area contributed by atoms with Crippen LogP contribution in [-0.4, -0.2) is 34.7 Å². The molecular weight excluding hydrogens is 282 g/mol. The second kappa shape index (κ2) is 5.48. The molecular formula is C16H15N3O3. The molecule has 0 amide bonds. The zero-order valence-electron chi connectivity index (χ0n) is 12.5. The fourth-order valence-electron chi connectivity index (χ4n) is 2.29. The molecule has 0 saturated carbocycles. The van der Waals surface area contributed by atoms with Crippen molar-refractivity contribution < 1.29 is 14.3 Å². The highest BCUT2D eigenvalue weighted by atomic mass is 16.5. The van der Waals surface area contributed by atoms with Gasteiger partial charge >= 0.3 is 5.97 Å². The van der Waals surface area contributed by atoms with Crippen molar-refractivity contribution >= 4 is 17.1 Å². The number of rotatable bonds is 3. The molecule has 0 unspecified atom stereocenters. The molecule has 0 saturated heterocycles. The van der Waals surface area contributed by atoms with E-state index in [0.717, 1.165) is 16.9 Å². The summed E-state index contributed by atoms with van der Waals surface area (Å²) in [5.41, 5.74) is 3.21. The van der Waals surface area contributed by atoms with Gasteiger partial charge in [0.1, 0.15) is 11.3 Å². The molecule has 0 radical (unpaired) electrons. The standard InChI is InChI=1S/C16H15N3O3/c1-19-14-13(18-15(19)16(20)22-3)8-11(9-17-14)10-4-6-12(21-2)7-5-10/h4-9H,1-3H3. The lowest BCUT2D eigenvalue weighted by atomic mass is 10.1. The van der Waals surface area contributed by atoms with Crippen molar-refractivity contribution in [2.45, 2.75) is 0 Å². The second-order valence-electron chi connectivity index (χ2n) is 4.78. The van der Waals surface area contributed by atoms with Gasteiger partial charge in [-0.15, -0.1) is 0 Å². The first-order valence-electron chi connectivity index (χ1n) is 6.69. The molecule has 0 aliphatic heterocycles. The van der Waals surface area contributed by atoms with Crippen LogP contribution in [0.25, 0.3) is 22.3 Å². The Kier molecular flexibility index (Phi) is 3.50. The van der Waals surface area contributed by atoms with Gasteiger partial charge in [-0.05, 0) is 23.8 Å². The monoisotopic (exact) mass is 297 g/mol. The molecule has 1 aromatic carbocycles. The quantitative estimate of drug-likeness (QED) is 0.695. The fourth-order valence-corrected chi connectivity index (χ4v) is 2.29. The SMILES string of the molecule is COC(=O)c1nc2cc(-c3ccc(OC)cc3)cnc2n1C.